The van der Waals surface area contributed by atoms with Crippen LogP contribution in [0.3, 0.4) is 0 Å². The van der Waals surface area contributed by atoms with E-state index in [1.807, 2.05) is 13.0 Å². The highest BCUT2D eigenvalue weighted by Crippen LogP contribution is 2.35. The highest BCUT2D eigenvalue weighted by Gasteiger charge is 2.22. The maximum atomic E-state index is 12.7. The summed E-state index contributed by atoms with van der Waals surface area (Å²) in [5, 5.41) is 8.68. The van der Waals surface area contributed by atoms with Gasteiger partial charge in [0, 0.05) is 16.6 Å². The van der Waals surface area contributed by atoms with Gasteiger partial charge in [0.2, 0.25) is 0 Å². The van der Waals surface area contributed by atoms with Gasteiger partial charge in [-0.05, 0) is 38.0 Å². The normalized spacial score (nSPS) is 15.3. The van der Waals surface area contributed by atoms with Gasteiger partial charge in [0.25, 0.3) is 5.91 Å². The van der Waals surface area contributed by atoms with Gasteiger partial charge < -0.3 is 5.32 Å². The van der Waals surface area contributed by atoms with E-state index < -0.39 is 0 Å². The number of fused-ring (bicyclic) bond motifs is 1. The number of carbonyl (C=O) groups is 2. The minimum atomic E-state index is -0.149. The van der Waals surface area contributed by atoms with Crippen molar-refractivity contribution in [1.29, 1.82) is 0 Å². The maximum Gasteiger partial charge on any atom is 0.265 e. The molecule has 1 amide bonds. The Balaban J connectivity index is 1.62. The molecule has 26 heavy (non-hydrogen) atoms. The second-order valence-corrected chi connectivity index (χ2v) is 7.88. The Labute approximate surface area is 156 Å². The molecule has 0 bridgehead atoms. The van der Waals surface area contributed by atoms with Crippen LogP contribution in [0, 0.1) is 6.92 Å². The number of anilines is 1. The number of aldehydes is 1. The number of aryl methyl sites for hydroxylation is 1. The molecule has 4 rings (SSSR count). The van der Waals surface area contributed by atoms with Crippen LogP contribution >= 0.6 is 11.3 Å². The first kappa shape index (κ1) is 17.0. The van der Waals surface area contributed by atoms with Gasteiger partial charge in [-0.1, -0.05) is 31.4 Å². The number of hydrogen-bond donors (Lipinski definition) is 1. The van der Waals surface area contributed by atoms with Crippen LogP contribution < -0.4 is 5.32 Å². The fourth-order valence-corrected chi connectivity index (χ4v) is 4.77. The van der Waals surface area contributed by atoms with Crippen molar-refractivity contribution in [2.75, 3.05) is 5.32 Å². The zero-order valence-electron chi connectivity index (χ0n) is 14.7. The first-order valence-electron chi connectivity index (χ1n) is 9.01. The molecule has 2 heterocycles. The second kappa shape index (κ2) is 7.03. The molecule has 1 aliphatic rings. The standard InChI is InChI=1S/C20H21N3O2S/c1-13-17-11-18(19(25)21-15-7-5-6-14(10-15)12-24)26-20(17)23(22-13)16-8-3-2-4-9-16/h5-7,10-12,16H,2-4,8-9H2,1H3,(H,21,25). The molecule has 2 aromatic heterocycles. The number of amides is 1. The molecule has 1 aromatic carbocycles. The lowest BCUT2D eigenvalue weighted by Crippen LogP contribution is -2.14. The molecule has 1 N–H and O–H groups in total. The smallest absolute Gasteiger partial charge is 0.265 e. The van der Waals surface area contributed by atoms with Gasteiger partial charge in [-0.15, -0.1) is 11.3 Å². The van der Waals surface area contributed by atoms with Crippen LogP contribution in [0.5, 0.6) is 0 Å². The molecule has 0 aliphatic heterocycles. The number of hydrogen-bond acceptors (Lipinski definition) is 4. The molecule has 1 aliphatic carbocycles. The molecule has 0 atom stereocenters. The summed E-state index contributed by atoms with van der Waals surface area (Å²) in [5.41, 5.74) is 2.15. The van der Waals surface area contributed by atoms with E-state index in [9.17, 15) is 9.59 Å². The van der Waals surface area contributed by atoms with Crippen molar-refractivity contribution in [1.82, 2.24) is 9.78 Å². The molecular formula is C20H21N3O2S. The van der Waals surface area contributed by atoms with Crippen molar-refractivity contribution < 1.29 is 9.59 Å². The van der Waals surface area contributed by atoms with Gasteiger partial charge in [0.05, 0.1) is 16.6 Å². The molecule has 5 nitrogen and oxygen atoms in total. The van der Waals surface area contributed by atoms with Crippen LogP contribution in [-0.4, -0.2) is 22.0 Å². The van der Waals surface area contributed by atoms with E-state index in [2.05, 4.69) is 10.00 Å². The van der Waals surface area contributed by atoms with E-state index in [-0.39, 0.29) is 5.91 Å². The summed E-state index contributed by atoms with van der Waals surface area (Å²) in [5.74, 6) is -0.149. The van der Waals surface area contributed by atoms with E-state index in [0.29, 0.717) is 22.2 Å². The van der Waals surface area contributed by atoms with Crippen LogP contribution in [-0.2, 0) is 0 Å². The predicted octanol–water partition coefficient (Wildman–Crippen LogP) is 4.98. The second-order valence-electron chi connectivity index (χ2n) is 6.85. The molecule has 0 spiro atoms. The van der Waals surface area contributed by atoms with Crippen molar-refractivity contribution in [3.8, 4) is 0 Å². The topological polar surface area (TPSA) is 64.0 Å². The van der Waals surface area contributed by atoms with Gasteiger partial charge in [-0.2, -0.15) is 5.10 Å². The minimum absolute atomic E-state index is 0.149. The number of thiophene rings is 1. The van der Waals surface area contributed by atoms with Crippen molar-refractivity contribution in [3.63, 3.8) is 0 Å². The Morgan fingerprint density at radius 2 is 2.08 bits per heavy atom. The predicted molar refractivity (Wildman–Crippen MR) is 104 cm³/mol. The average molecular weight is 367 g/mol. The summed E-state index contributed by atoms with van der Waals surface area (Å²) in [6, 6.07) is 9.31. The monoisotopic (exact) mass is 367 g/mol. The SMILES string of the molecule is Cc1nn(C2CCCCC2)c2sc(C(=O)Nc3cccc(C=O)c3)cc12. The molecule has 6 heteroatoms. The Morgan fingerprint density at radius 3 is 2.85 bits per heavy atom. The largest absolute Gasteiger partial charge is 0.321 e. The van der Waals surface area contributed by atoms with Crippen molar-refractivity contribution in [3.05, 3.63) is 46.5 Å². The van der Waals surface area contributed by atoms with Crippen molar-refractivity contribution in [2.24, 2.45) is 0 Å². The van der Waals surface area contributed by atoms with Gasteiger partial charge in [0.15, 0.2) is 0 Å². The first-order valence-corrected chi connectivity index (χ1v) is 9.82. The van der Waals surface area contributed by atoms with Gasteiger partial charge in [-0.3, -0.25) is 14.3 Å². The van der Waals surface area contributed by atoms with E-state index in [1.165, 1.54) is 30.6 Å². The molecule has 1 fully saturated rings. The summed E-state index contributed by atoms with van der Waals surface area (Å²) < 4.78 is 2.14. The fraction of sp³-hybridized carbons (Fsp3) is 0.350. The van der Waals surface area contributed by atoms with E-state index in [1.54, 1.807) is 24.3 Å². The number of nitrogens with zero attached hydrogens (tertiary/aromatic N) is 2. The summed E-state index contributed by atoms with van der Waals surface area (Å²) >= 11 is 1.49. The van der Waals surface area contributed by atoms with E-state index in [0.717, 1.165) is 35.0 Å². The summed E-state index contributed by atoms with van der Waals surface area (Å²) in [6.07, 6.45) is 6.89. The Bertz CT molecular complexity index is 967. The van der Waals surface area contributed by atoms with Crippen LogP contribution in [0.1, 0.15) is 63.9 Å². The first-order chi connectivity index (χ1) is 12.7. The van der Waals surface area contributed by atoms with E-state index >= 15 is 0 Å². The highest BCUT2D eigenvalue weighted by atomic mass is 32.1. The molecule has 134 valence electrons. The number of benzene rings is 1. The zero-order chi connectivity index (χ0) is 18.1. The van der Waals surface area contributed by atoms with Crippen LogP contribution in [0.15, 0.2) is 30.3 Å². The highest BCUT2D eigenvalue weighted by molar-refractivity contribution is 7.20. The quantitative estimate of drug-likeness (QED) is 0.662. The lowest BCUT2D eigenvalue weighted by molar-refractivity contribution is 0.102. The third-order valence-corrected chi connectivity index (χ3v) is 6.12. The van der Waals surface area contributed by atoms with E-state index in [4.69, 9.17) is 5.10 Å². The summed E-state index contributed by atoms with van der Waals surface area (Å²) in [7, 11) is 0. The number of aromatic nitrogens is 2. The Hall–Kier alpha value is -2.47. The lowest BCUT2D eigenvalue weighted by atomic mass is 9.96. The third-order valence-electron chi connectivity index (χ3n) is 4.99. The van der Waals surface area contributed by atoms with Crippen LogP contribution in [0.4, 0.5) is 5.69 Å². The Kier molecular flexibility index (Phi) is 4.59. The van der Waals surface area contributed by atoms with Gasteiger partial charge in [0.1, 0.15) is 11.1 Å². The molecule has 0 radical (unpaired) electrons. The van der Waals surface area contributed by atoms with Crippen molar-refractivity contribution in [2.45, 2.75) is 45.1 Å². The zero-order valence-corrected chi connectivity index (χ0v) is 15.5. The Morgan fingerprint density at radius 1 is 1.27 bits per heavy atom. The maximum absolute atomic E-state index is 12.7. The lowest BCUT2D eigenvalue weighted by Gasteiger charge is -2.22. The molecular weight excluding hydrogens is 346 g/mol. The average Bonchev–Trinajstić information content (AvgIpc) is 3.23. The van der Waals surface area contributed by atoms with Crippen LogP contribution in [0.25, 0.3) is 10.2 Å². The van der Waals surface area contributed by atoms with Gasteiger partial charge >= 0.3 is 0 Å². The van der Waals surface area contributed by atoms with Crippen LogP contribution in [0.2, 0.25) is 0 Å². The number of nitrogens with one attached hydrogen (secondary N) is 1. The molecule has 0 unspecified atom stereocenters. The summed E-state index contributed by atoms with van der Waals surface area (Å²) in [6.45, 7) is 2.00. The fourth-order valence-electron chi connectivity index (χ4n) is 3.64. The third kappa shape index (κ3) is 3.17. The summed E-state index contributed by atoms with van der Waals surface area (Å²) in [4.78, 5) is 25.3. The number of rotatable bonds is 4. The minimum Gasteiger partial charge on any atom is -0.321 e. The molecule has 3 aromatic rings. The molecule has 1 saturated carbocycles. The van der Waals surface area contributed by atoms with Gasteiger partial charge in [-0.25, -0.2) is 0 Å². The van der Waals surface area contributed by atoms with Crippen molar-refractivity contribution >= 4 is 39.4 Å². The molecule has 0 saturated heterocycles. The number of carbonyl (C=O) groups excluding carboxylic acids is 2.